The number of rotatable bonds is 4. The molecule has 3 rings (SSSR count). The Bertz CT molecular complexity index is 744. The Morgan fingerprint density at radius 3 is 2.79 bits per heavy atom. The smallest absolute Gasteiger partial charge is 0.407 e. The zero-order chi connectivity index (χ0) is 17.2. The van der Waals surface area contributed by atoms with Gasteiger partial charge in [-0.15, -0.1) is 0 Å². The first kappa shape index (κ1) is 16.3. The lowest BCUT2D eigenvalue weighted by atomic mass is 9.91. The summed E-state index contributed by atoms with van der Waals surface area (Å²) in [5.74, 6) is 0.493. The van der Waals surface area contributed by atoms with Crippen molar-refractivity contribution < 1.29 is 19.7 Å². The number of amides is 1. The van der Waals surface area contributed by atoms with E-state index in [9.17, 15) is 9.90 Å². The third-order valence-electron chi connectivity index (χ3n) is 4.34. The molecule has 0 unspecified atom stereocenters. The minimum absolute atomic E-state index is 0.318. The fourth-order valence-corrected chi connectivity index (χ4v) is 2.81. The number of methoxy groups -OCH3 is 1. The number of ether oxygens (including phenoxy) is 1. The van der Waals surface area contributed by atoms with Crippen molar-refractivity contribution in [3.63, 3.8) is 0 Å². The van der Waals surface area contributed by atoms with Gasteiger partial charge >= 0.3 is 6.09 Å². The van der Waals surface area contributed by atoms with Gasteiger partial charge in [0.2, 0.25) is 5.88 Å². The van der Waals surface area contributed by atoms with Gasteiger partial charge in [0.1, 0.15) is 5.52 Å². The number of likely N-dealkylation sites (tertiary alicyclic amines) is 1. The monoisotopic (exact) mass is 332 g/mol. The molecule has 3 N–H and O–H groups in total. The zero-order valence-corrected chi connectivity index (χ0v) is 13.4. The number of aliphatic hydroxyl groups is 1. The highest BCUT2D eigenvalue weighted by molar-refractivity contribution is 5.87. The van der Waals surface area contributed by atoms with Crippen molar-refractivity contribution in [1.82, 2.24) is 14.9 Å². The Labute approximate surface area is 139 Å². The first-order chi connectivity index (χ1) is 11.5. The molecule has 0 atom stereocenters. The normalized spacial score (nSPS) is 16.8. The van der Waals surface area contributed by atoms with E-state index in [4.69, 9.17) is 9.84 Å². The van der Waals surface area contributed by atoms with Gasteiger partial charge in [-0.3, -0.25) is 4.98 Å². The molecule has 24 heavy (non-hydrogen) atoms. The highest BCUT2D eigenvalue weighted by atomic mass is 16.5. The van der Waals surface area contributed by atoms with Crippen molar-refractivity contribution >= 4 is 22.8 Å². The van der Waals surface area contributed by atoms with Crippen molar-refractivity contribution in [2.75, 3.05) is 32.1 Å². The number of hydrogen-bond acceptors (Lipinski definition) is 6. The van der Waals surface area contributed by atoms with Crippen LogP contribution in [-0.2, 0) is 0 Å². The van der Waals surface area contributed by atoms with Crippen molar-refractivity contribution in [3.05, 3.63) is 24.4 Å². The molecule has 1 saturated heterocycles. The van der Waals surface area contributed by atoms with Crippen molar-refractivity contribution in [1.29, 1.82) is 0 Å². The van der Waals surface area contributed by atoms with E-state index >= 15 is 0 Å². The first-order valence-electron chi connectivity index (χ1n) is 7.75. The fourth-order valence-electron chi connectivity index (χ4n) is 2.81. The van der Waals surface area contributed by atoms with Crippen LogP contribution in [0.5, 0.6) is 5.88 Å². The van der Waals surface area contributed by atoms with Crippen LogP contribution in [0.15, 0.2) is 24.4 Å². The molecule has 2 aromatic rings. The first-order valence-corrected chi connectivity index (χ1v) is 7.75. The summed E-state index contributed by atoms with van der Waals surface area (Å²) >= 11 is 0. The molecule has 1 aliphatic heterocycles. The van der Waals surface area contributed by atoms with Crippen LogP contribution in [0.25, 0.3) is 11.0 Å². The molecule has 8 heteroatoms. The third-order valence-corrected chi connectivity index (χ3v) is 4.34. The lowest BCUT2D eigenvalue weighted by molar-refractivity contribution is -0.00586. The number of anilines is 1. The molecular weight excluding hydrogens is 312 g/mol. The summed E-state index contributed by atoms with van der Waals surface area (Å²) in [4.78, 5) is 20.9. The van der Waals surface area contributed by atoms with E-state index in [0.717, 1.165) is 11.2 Å². The highest BCUT2D eigenvalue weighted by Gasteiger charge is 2.33. The van der Waals surface area contributed by atoms with Crippen molar-refractivity contribution in [3.8, 4) is 5.88 Å². The third kappa shape index (κ3) is 3.33. The van der Waals surface area contributed by atoms with Gasteiger partial charge in [-0.2, -0.15) is 0 Å². The maximum absolute atomic E-state index is 11.0. The second-order valence-corrected chi connectivity index (χ2v) is 5.93. The number of fused-ring (bicyclic) bond motifs is 1. The predicted octanol–water partition coefficient (Wildman–Crippen LogP) is 1.56. The minimum Gasteiger partial charge on any atom is -0.481 e. The number of carbonyl (C=O) groups is 1. The van der Waals surface area contributed by atoms with E-state index in [0.29, 0.717) is 43.9 Å². The van der Waals surface area contributed by atoms with E-state index in [1.54, 1.807) is 25.4 Å². The molecule has 0 aromatic carbocycles. The molecule has 8 nitrogen and oxygen atoms in total. The summed E-state index contributed by atoms with van der Waals surface area (Å²) in [6, 6.07) is 5.37. The Kier molecular flexibility index (Phi) is 4.39. The van der Waals surface area contributed by atoms with Gasteiger partial charge < -0.3 is 25.2 Å². The van der Waals surface area contributed by atoms with Crippen LogP contribution < -0.4 is 10.1 Å². The molecule has 1 fully saturated rings. The minimum atomic E-state index is -0.944. The molecular formula is C16H20N4O4. The Hall–Kier alpha value is -2.61. The zero-order valence-electron chi connectivity index (χ0n) is 13.4. The van der Waals surface area contributed by atoms with Crippen molar-refractivity contribution in [2.45, 2.75) is 18.4 Å². The number of hydrogen-bond donors (Lipinski definition) is 3. The van der Waals surface area contributed by atoms with Crippen LogP contribution >= 0.6 is 0 Å². The number of piperidine rings is 1. The average Bonchev–Trinajstić information content (AvgIpc) is 2.60. The van der Waals surface area contributed by atoms with Gasteiger partial charge in [0.25, 0.3) is 0 Å². The van der Waals surface area contributed by atoms with Crippen LogP contribution in [0.3, 0.4) is 0 Å². The molecule has 0 spiro atoms. The second-order valence-electron chi connectivity index (χ2n) is 5.93. The molecule has 3 heterocycles. The highest BCUT2D eigenvalue weighted by Crippen LogP contribution is 2.26. The summed E-state index contributed by atoms with van der Waals surface area (Å²) in [6.07, 6.45) is 1.52. The molecule has 128 valence electrons. The summed E-state index contributed by atoms with van der Waals surface area (Å²) in [5, 5.41) is 22.9. The quantitative estimate of drug-likeness (QED) is 0.779. The van der Waals surface area contributed by atoms with Gasteiger partial charge in [0.15, 0.2) is 0 Å². The molecule has 0 saturated carbocycles. The standard InChI is InChI=1S/C16H20N4O4/c1-24-13-3-2-11-14(19-13)12(4-7-17-11)18-10-16(23)5-8-20(9-6-16)15(21)22/h2-4,7,23H,5-6,8-10H2,1H3,(H,17,18)(H,21,22). The number of nitrogens with one attached hydrogen (secondary N) is 1. The summed E-state index contributed by atoms with van der Waals surface area (Å²) < 4.78 is 5.15. The Balaban J connectivity index is 1.73. The number of aromatic nitrogens is 2. The molecule has 2 aromatic heterocycles. The van der Waals surface area contributed by atoms with Crippen LogP contribution in [0, 0.1) is 0 Å². The van der Waals surface area contributed by atoms with Gasteiger partial charge in [-0.25, -0.2) is 9.78 Å². The van der Waals surface area contributed by atoms with E-state index in [1.165, 1.54) is 4.90 Å². The largest absolute Gasteiger partial charge is 0.481 e. The molecule has 0 bridgehead atoms. The SMILES string of the molecule is COc1ccc2nccc(NCC3(O)CCN(C(=O)O)CC3)c2n1. The lowest BCUT2D eigenvalue weighted by Crippen LogP contribution is -2.49. The summed E-state index contributed by atoms with van der Waals surface area (Å²) in [7, 11) is 1.55. The maximum Gasteiger partial charge on any atom is 0.407 e. The van der Waals surface area contributed by atoms with Crippen LogP contribution in [-0.4, -0.2) is 63.5 Å². The summed E-state index contributed by atoms with van der Waals surface area (Å²) in [6.45, 7) is 0.978. The Morgan fingerprint density at radius 1 is 1.38 bits per heavy atom. The number of pyridine rings is 2. The summed E-state index contributed by atoms with van der Waals surface area (Å²) in [5.41, 5.74) is 1.21. The number of carboxylic acid groups (broad SMARTS) is 1. The van der Waals surface area contributed by atoms with E-state index in [1.807, 2.05) is 6.07 Å². The van der Waals surface area contributed by atoms with Crippen LogP contribution in [0.2, 0.25) is 0 Å². The lowest BCUT2D eigenvalue weighted by Gasteiger charge is -2.37. The fraction of sp³-hybridized carbons (Fsp3) is 0.438. The van der Waals surface area contributed by atoms with Gasteiger partial charge in [0, 0.05) is 31.9 Å². The Morgan fingerprint density at radius 2 is 2.12 bits per heavy atom. The predicted molar refractivity (Wildman–Crippen MR) is 88.4 cm³/mol. The van der Waals surface area contributed by atoms with E-state index < -0.39 is 11.7 Å². The van der Waals surface area contributed by atoms with Crippen molar-refractivity contribution in [2.24, 2.45) is 0 Å². The van der Waals surface area contributed by atoms with Gasteiger partial charge in [-0.1, -0.05) is 0 Å². The topological polar surface area (TPSA) is 108 Å². The molecule has 1 aliphatic rings. The van der Waals surface area contributed by atoms with Gasteiger partial charge in [-0.05, 0) is 25.0 Å². The average molecular weight is 332 g/mol. The molecule has 0 aliphatic carbocycles. The van der Waals surface area contributed by atoms with E-state index in [2.05, 4.69) is 15.3 Å². The second kappa shape index (κ2) is 6.48. The van der Waals surface area contributed by atoms with Crippen LogP contribution in [0.1, 0.15) is 12.8 Å². The number of nitrogens with zero attached hydrogens (tertiary/aromatic N) is 3. The molecule has 1 amide bonds. The van der Waals surface area contributed by atoms with Crippen LogP contribution in [0.4, 0.5) is 10.5 Å². The molecule has 0 radical (unpaired) electrons. The van der Waals surface area contributed by atoms with E-state index in [-0.39, 0.29) is 0 Å². The maximum atomic E-state index is 11.0. The van der Waals surface area contributed by atoms with Gasteiger partial charge in [0.05, 0.1) is 23.9 Å².